The number of aliphatic hydroxyl groups is 1. The molecule has 18 heavy (non-hydrogen) atoms. The van der Waals surface area contributed by atoms with E-state index in [4.69, 9.17) is 0 Å². The van der Waals surface area contributed by atoms with E-state index in [9.17, 15) is 5.11 Å². The maximum atomic E-state index is 10.1. The van der Waals surface area contributed by atoms with E-state index in [2.05, 4.69) is 30.9 Å². The van der Waals surface area contributed by atoms with Crippen LogP contribution in [0.3, 0.4) is 0 Å². The Morgan fingerprint density at radius 3 is 2.94 bits per heavy atom. The molecule has 1 fully saturated rings. The van der Waals surface area contributed by atoms with Gasteiger partial charge in [0.15, 0.2) is 0 Å². The molecule has 3 atom stereocenters. The van der Waals surface area contributed by atoms with Crippen LogP contribution in [-0.2, 0) is 13.0 Å². The minimum Gasteiger partial charge on any atom is -0.393 e. The van der Waals surface area contributed by atoms with E-state index in [0.29, 0.717) is 11.8 Å². The van der Waals surface area contributed by atoms with E-state index in [1.807, 2.05) is 4.68 Å². The predicted molar refractivity (Wildman–Crippen MR) is 71.1 cm³/mol. The highest BCUT2D eigenvalue weighted by Gasteiger charge is 2.28. The van der Waals surface area contributed by atoms with Crippen molar-refractivity contribution in [3.8, 4) is 0 Å². The lowest BCUT2D eigenvalue weighted by Gasteiger charge is -2.31. The van der Waals surface area contributed by atoms with Crippen molar-refractivity contribution in [1.29, 1.82) is 0 Å². The maximum Gasteiger partial charge on any atom is 0.138 e. The lowest BCUT2D eigenvalue weighted by molar-refractivity contribution is 0.0503. The molecule has 1 aromatic rings. The van der Waals surface area contributed by atoms with Crippen LogP contribution in [0.2, 0.25) is 0 Å². The lowest BCUT2D eigenvalue weighted by Crippen LogP contribution is -2.30. The molecule has 0 bridgehead atoms. The quantitative estimate of drug-likeness (QED) is 0.893. The molecule has 102 valence electrons. The van der Waals surface area contributed by atoms with Gasteiger partial charge >= 0.3 is 0 Å². The summed E-state index contributed by atoms with van der Waals surface area (Å²) in [5.74, 6) is 2.67. The van der Waals surface area contributed by atoms with Gasteiger partial charge in [-0.15, -0.1) is 0 Å². The SMILES string of the molecule is CC(C)Cn1ncnc1CC1CC(C)CCC1O. The zero-order valence-electron chi connectivity index (χ0n) is 11.7. The average molecular weight is 251 g/mol. The molecular formula is C14H25N3O. The van der Waals surface area contributed by atoms with Crippen LogP contribution in [-0.4, -0.2) is 26.0 Å². The number of aromatic nitrogens is 3. The van der Waals surface area contributed by atoms with Crippen molar-refractivity contribution < 1.29 is 5.11 Å². The van der Waals surface area contributed by atoms with Crippen LogP contribution in [0.15, 0.2) is 6.33 Å². The molecule has 1 aliphatic rings. The maximum absolute atomic E-state index is 10.1. The minimum atomic E-state index is -0.162. The van der Waals surface area contributed by atoms with Gasteiger partial charge in [0.2, 0.25) is 0 Å². The second-order valence-electron chi connectivity index (χ2n) is 6.20. The fourth-order valence-electron chi connectivity index (χ4n) is 2.88. The highest BCUT2D eigenvalue weighted by Crippen LogP contribution is 2.31. The topological polar surface area (TPSA) is 50.9 Å². The normalized spacial score (nSPS) is 28.8. The first kappa shape index (κ1) is 13.5. The van der Waals surface area contributed by atoms with Gasteiger partial charge in [0, 0.05) is 13.0 Å². The molecule has 0 amide bonds. The van der Waals surface area contributed by atoms with E-state index < -0.39 is 0 Å². The van der Waals surface area contributed by atoms with Crippen molar-refractivity contribution in [2.45, 2.75) is 59.1 Å². The summed E-state index contributed by atoms with van der Waals surface area (Å²) in [7, 11) is 0. The molecule has 0 spiro atoms. The van der Waals surface area contributed by atoms with Crippen LogP contribution in [0.1, 0.15) is 45.9 Å². The van der Waals surface area contributed by atoms with E-state index in [0.717, 1.165) is 44.0 Å². The van der Waals surface area contributed by atoms with Gasteiger partial charge in [-0.25, -0.2) is 9.67 Å². The summed E-state index contributed by atoms with van der Waals surface area (Å²) < 4.78 is 2.00. The summed E-state index contributed by atoms with van der Waals surface area (Å²) in [4.78, 5) is 4.36. The van der Waals surface area contributed by atoms with Gasteiger partial charge in [-0.1, -0.05) is 20.8 Å². The van der Waals surface area contributed by atoms with Crippen LogP contribution in [0.5, 0.6) is 0 Å². The molecular weight excluding hydrogens is 226 g/mol. The van der Waals surface area contributed by atoms with Crippen molar-refractivity contribution in [1.82, 2.24) is 14.8 Å². The zero-order chi connectivity index (χ0) is 13.1. The summed E-state index contributed by atoms with van der Waals surface area (Å²) >= 11 is 0. The van der Waals surface area contributed by atoms with E-state index in [1.165, 1.54) is 0 Å². The van der Waals surface area contributed by atoms with E-state index in [1.54, 1.807) is 6.33 Å². The van der Waals surface area contributed by atoms with Gasteiger partial charge in [-0.3, -0.25) is 0 Å². The highest BCUT2D eigenvalue weighted by molar-refractivity contribution is 4.91. The number of rotatable bonds is 4. The summed E-state index contributed by atoms with van der Waals surface area (Å²) in [5.41, 5.74) is 0. The third-order valence-electron chi connectivity index (χ3n) is 3.88. The Morgan fingerprint density at radius 2 is 2.22 bits per heavy atom. The standard InChI is InChI=1S/C14H25N3O/c1-10(2)8-17-14(15-9-16-17)7-12-6-11(3)4-5-13(12)18/h9-13,18H,4-8H2,1-3H3. The second kappa shape index (κ2) is 5.83. The van der Waals surface area contributed by atoms with Crippen molar-refractivity contribution in [2.24, 2.45) is 17.8 Å². The molecule has 1 heterocycles. The Labute approximate surface area is 109 Å². The summed E-state index contributed by atoms with van der Waals surface area (Å²) in [6.45, 7) is 7.55. The van der Waals surface area contributed by atoms with Crippen molar-refractivity contribution in [3.63, 3.8) is 0 Å². The van der Waals surface area contributed by atoms with E-state index in [-0.39, 0.29) is 6.10 Å². The first-order valence-electron chi connectivity index (χ1n) is 7.11. The van der Waals surface area contributed by atoms with Gasteiger partial charge in [0.1, 0.15) is 12.2 Å². The summed E-state index contributed by atoms with van der Waals surface area (Å²) in [5, 5.41) is 14.4. The summed E-state index contributed by atoms with van der Waals surface area (Å²) in [6, 6.07) is 0. The molecule has 0 radical (unpaired) electrons. The van der Waals surface area contributed by atoms with Gasteiger partial charge in [0.05, 0.1) is 6.10 Å². The van der Waals surface area contributed by atoms with Crippen molar-refractivity contribution in [2.75, 3.05) is 0 Å². The highest BCUT2D eigenvalue weighted by atomic mass is 16.3. The monoisotopic (exact) mass is 251 g/mol. The Hall–Kier alpha value is -0.900. The molecule has 4 heteroatoms. The van der Waals surface area contributed by atoms with Crippen LogP contribution in [0, 0.1) is 17.8 Å². The molecule has 0 saturated heterocycles. The Bertz CT molecular complexity index is 375. The van der Waals surface area contributed by atoms with Crippen LogP contribution in [0.4, 0.5) is 0 Å². The fourth-order valence-corrected chi connectivity index (χ4v) is 2.88. The number of nitrogens with zero attached hydrogens (tertiary/aromatic N) is 3. The predicted octanol–water partition coefficient (Wildman–Crippen LogP) is 2.27. The molecule has 1 saturated carbocycles. The first-order valence-corrected chi connectivity index (χ1v) is 7.11. The van der Waals surface area contributed by atoms with Gasteiger partial charge in [-0.05, 0) is 37.0 Å². The van der Waals surface area contributed by atoms with E-state index >= 15 is 0 Å². The Kier molecular flexibility index (Phi) is 4.38. The fraction of sp³-hybridized carbons (Fsp3) is 0.857. The zero-order valence-corrected chi connectivity index (χ0v) is 11.7. The molecule has 1 N–H and O–H groups in total. The smallest absolute Gasteiger partial charge is 0.138 e. The second-order valence-corrected chi connectivity index (χ2v) is 6.20. The Balaban J connectivity index is 2.01. The number of hydrogen-bond donors (Lipinski definition) is 1. The Morgan fingerprint density at radius 1 is 1.44 bits per heavy atom. The largest absolute Gasteiger partial charge is 0.393 e. The molecule has 1 aromatic heterocycles. The minimum absolute atomic E-state index is 0.162. The third-order valence-corrected chi connectivity index (χ3v) is 3.88. The van der Waals surface area contributed by atoms with Crippen molar-refractivity contribution >= 4 is 0 Å². The van der Waals surface area contributed by atoms with Crippen LogP contribution in [0.25, 0.3) is 0 Å². The first-order chi connectivity index (χ1) is 8.56. The molecule has 0 aromatic carbocycles. The number of aliphatic hydroxyl groups excluding tert-OH is 1. The molecule has 2 rings (SSSR count). The number of hydrogen-bond acceptors (Lipinski definition) is 3. The average Bonchev–Trinajstić information content (AvgIpc) is 2.70. The molecule has 3 unspecified atom stereocenters. The van der Waals surface area contributed by atoms with Gasteiger partial charge in [-0.2, -0.15) is 5.10 Å². The van der Waals surface area contributed by atoms with Gasteiger partial charge < -0.3 is 5.11 Å². The molecule has 1 aliphatic carbocycles. The lowest BCUT2D eigenvalue weighted by atomic mass is 9.78. The molecule has 0 aliphatic heterocycles. The molecule has 4 nitrogen and oxygen atoms in total. The van der Waals surface area contributed by atoms with Gasteiger partial charge in [0.25, 0.3) is 0 Å². The van der Waals surface area contributed by atoms with Crippen molar-refractivity contribution in [3.05, 3.63) is 12.2 Å². The van der Waals surface area contributed by atoms with Crippen LogP contribution < -0.4 is 0 Å². The third kappa shape index (κ3) is 3.31. The van der Waals surface area contributed by atoms with Crippen LogP contribution >= 0.6 is 0 Å². The summed E-state index contributed by atoms with van der Waals surface area (Å²) in [6.07, 6.45) is 5.52.